The molecule has 0 saturated heterocycles. The summed E-state index contributed by atoms with van der Waals surface area (Å²) in [5.74, 6) is 0. The molecule has 8 nitrogen and oxygen atoms in total. The van der Waals surface area contributed by atoms with Crippen LogP contribution in [0.3, 0.4) is 0 Å². The second-order valence-corrected chi connectivity index (χ2v) is 2.69. The first-order valence-corrected chi connectivity index (χ1v) is 4.19. The SMILES string of the molecule is O=S(=O)(O)O.O=S(=O)(O)O.[Ca+2].[Cl-].[Cl-].[Cl-].[Cl-].[Cl-].[H-].[H-].[H-].[K+].[K+].[Mg+2].[Mg+2]. The van der Waals surface area contributed by atoms with Crippen LogP contribution in [-0.2, 0) is 20.8 Å². The Morgan fingerprint density at radius 3 is 0.550 bits per heavy atom. The van der Waals surface area contributed by atoms with Gasteiger partial charge in [-0.1, -0.05) is 0 Å². The fourth-order valence-corrected chi connectivity index (χ4v) is 0. The van der Waals surface area contributed by atoms with Crippen molar-refractivity contribution in [3.8, 4) is 0 Å². The van der Waals surface area contributed by atoms with E-state index in [4.69, 9.17) is 35.0 Å². The normalized spacial score (nSPS) is 5.80. The van der Waals surface area contributed by atoms with Crippen molar-refractivity contribution >= 4 is 105 Å². The van der Waals surface area contributed by atoms with E-state index in [0.717, 1.165) is 0 Å². The smallest absolute Gasteiger partial charge is 1.00 e. The summed E-state index contributed by atoms with van der Waals surface area (Å²) in [6.45, 7) is 0. The maximum absolute atomic E-state index is 8.74. The van der Waals surface area contributed by atoms with E-state index in [1.165, 1.54) is 0 Å². The molecule has 0 heterocycles. The molecule has 20 heteroatoms. The molecule has 0 radical (unpaired) electrons. The van der Waals surface area contributed by atoms with E-state index < -0.39 is 20.8 Å². The molecule has 0 spiro atoms. The Bertz CT molecular complexity index is 254. The van der Waals surface area contributed by atoms with Gasteiger partial charge >= 0.3 is 207 Å². The van der Waals surface area contributed by atoms with Crippen LogP contribution in [0, 0.1) is 0 Å². The van der Waals surface area contributed by atoms with Gasteiger partial charge in [-0.05, 0) is 0 Å². The third-order valence-electron chi connectivity index (χ3n) is 0. The zero-order chi connectivity index (χ0) is 9.00. The summed E-state index contributed by atoms with van der Waals surface area (Å²) in [5.41, 5.74) is 0. The minimum absolute atomic E-state index is 0. The second kappa shape index (κ2) is 45.2. The van der Waals surface area contributed by atoms with Crippen molar-refractivity contribution in [1.29, 1.82) is 0 Å². The van der Waals surface area contributed by atoms with E-state index in [0.29, 0.717) is 0 Å². The van der Waals surface area contributed by atoms with Gasteiger partial charge in [0.1, 0.15) is 0 Å². The molecular formula is H7CaCl5K2Mg2O8S2. The zero-order valence-corrected chi connectivity index (χ0v) is 26.9. The van der Waals surface area contributed by atoms with Crippen LogP contribution in [0.2, 0.25) is 0 Å². The third-order valence-corrected chi connectivity index (χ3v) is 0. The fraction of sp³-hybridized carbons (Fsp3) is 0. The minimum atomic E-state index is -4.67. The van der Waals surface area contributed by atoms with Gasteiger partial charge in [0.15, 0.2) is 0 Å². The largest absolute Gasteiger partial charge is 2.00 e. The first-order chi connectivity index (χ1) is 4.00. The first-order valence-electron chi connectivity index (χ1n) is 1.40. The molecule has 0 aromatic carbocycles. The van der Waals surface area contributed by atoms with Gasteiger partial charge in [0.05, 0.1) is 0 Å². The number of hydrogen-bond donors (Lipinski definition) is 4. The van der Waals surface area contributed by atoms with Crippen LogP contribution in [0.1, 0.15) is 4.28 Å². The molecule has 0 aromatic rings. The van der Waals surface area contributed by atoms with Gasteiger partial charge < -0.3 is 66.3 Å². The number of halogens is 5. The molecule has 0 unspecified atom stereocenters. The van der Waals surface area contributed by atoms with Crippen LogP contribution in [0.4, 0.5) is 0 Å². The Morgan fingerprint density at radius 1 is 0.550 bits per heavy atom. The molecule has 0 bridgehead atoms. The van der Waals surface area contributed by atoms with E-state index in [2.05, 4.69) is 0 Å². The van der Waals surface area contributed by atoms with Crippen LogP contribution in [-0.4, -0.2) is 119 Å². The molecule has 4 N–H and O–H groups in total. The average molecular weight is 543 g/mol. The quantitative estimate of drug-likeness (QED) is 0.174. The van der Waals surface area contributed by atoms with Crippen molar-refractivity contribution in [1.82, 2.24) is 0 Å². The van der Waals surface area contributed by atoms with Gasteiger partial charge in [0.25, 0.3) is 0 Å². The topological polar surface area (TPSA) is 149 Å². The van der Waals surface area contributed by atoms with Gasteiger partial charge in [-0.3, -0.25) is 18.2 Å². The zero-order valence-electron chi connectivity index (χ0n) is 13.2. The first kappa shape index (κ1) is 80.7. The third kappa shape index (κ3) is 282. The van der Waals surface area contributed by atoms with Gasteiger partial charge in [-0.2, -0.15) is 16.8 Å². The Kier molecular flexibility index (Phi) is 182. The molecule has 0 aliphatic heterocycles. The van der Waals surface area contributed by atoms with Gasteiger partial charge in [0.2, 0.25) is 0 Å². The summed E-state index contributed by atoms with van der Waals surface area (Å²) < 4.78 is 63.2. The number of rotatable bonds is 0. The van der Waals surface area contributed by atoms with Crippen LogP contribution < -0.4 is 165 Å². The van der Waals surface area contributed by atoms with Gasteiger partial charge in [-0.25, -0.2) is 0 Å². The van der Waals surface area contributed by atoms with Crippen molar-refractivity contribution in [3.63, 3.8) is 0 Å². The molecule has 20 heavy (non-hydrogen) atoms. The molecule has 0 saturated carbocycles. The van der Waals surface area contributed by atoms with E-state index in [1.54, 1.807) is 0 Å². The van der Waals surface area contributed by atoms with Crippen molar-refractivity contribution in [2.24, 2.45) is 0 Å². The minimum Gasteiger partial charge on any atom is -1.00 e. The molecule has 0 aromatic heterocycles. The molecule has 0 rings (SSSR count). The van der Waals surface area contributed by atoms with E-state index in [1.807, 2.05) is 0 Å². The van der Waals surface area contributed by atoms with E-state index >= 15 is 0 Å². The molecule has 0 aliphatic carbocycles. The van der Waals surface area contributed by atoms with Crippen LogP contribution in [0.5, 0.6) is 0 Å². The Balaban J connectivity index is -0.00000000274. The Morgan fingerprint density at radius 2 is 0.550 bits per heavy atom. The van der Waals surface area contributed by atoms with Gasteiger partial charge in [-0.15, -0.1) is 0 Å². The monoisotopic (exact) mass is 540 g/mol. The summed E-state index contributed by atoms with van der Waals surface area (Å²) >= 11 is 0. The van der Waals surface area contributed by atoms with Crippen LogP contribution in [0.15, 0.2) is 0 Å². The summed E-state index contributed by atoms with van der Waals surface area (Å²) in [5, 5.41) is 0. The van der Waals surface area contributed by atoms with E-state index in [9.17, 15) is 0 Å². The van der Waals surface area contributed by atoms with E-state index in [-0.39, 0.29) is 253 Å². The van der Waals surface area contributed by atoms with Crippen LogP contribution >= 0.6 is 0 Å². The van der Waals surface area contributed by atoms with Crippen LogP contribution in [0.25, 0.3) is 0 Å². The van der Waals surface area contributed by atoms with Crippen molar-refractivity contribution in [3.05, 3.63) is 0 Å². The molecule has 0 atom stereocenters. The standard InChI is InChI=1S/Ca.5ClH.2K.2Mg.2H2O4S.3H/c;;;;;;;;;;2*1-5(2,3)4;;;/h;5*1H;;;;;2*(H2,1,2,3,4);;;/q+2;;;;;;2*+1;2*+2;;;3*-1/p-5. The summed E-state index contributed by atoms with van der Waals surface area (Å²) in [7, 11) is -9.33. The molecule has 0 aliphatic rings. The Labute approximate surface area is 300 Å². The van der Waals surface area contributed by atoms with Gasteiger partial charge in [0, 0.05) is 0 Å². The van der Waals surface area contributed by atoms with Crippen molar-refractivity contribution < 1.29 is 204 Å². The predicted octanol–water partition coefficient (Wildman–Crippen LogP) is -23.1. The molecular weight excluding hydrogens is 536 g/mol. The summed E-state index contributed by atoms with van der Waals surface area (Å²) in [6, 6.07) is 0. The maximum Gasteiger partial charge on any atom is 2.00 e. The molecule has 0 fully saturated rings. The number of hydrogen-bond acceptors (Lipinski definition) is 4. The second-order valence-electron chi connectivity index (χ2n) is 0.896. The summed E-state index contributed by atoms with van der Waals surface area (Å²) in [4.78, 5) is 0. The van der Waals surface area contributed by atoms with Crippen molar-refractivity contribution in [2.75, 3.05) is 0 Å². The Hall–Kier alpha value is 7.25. The van der Waals surface area contributed by atoms with Crippen molar-refractivity contribution in [2.45, 2.75) is 0 Å². The fourth-order valence-electron chi connectivity index (χ4n) is 0. The summed E-state index contributed by atoms with van der Waals surface area (Å²) in [6.07, 6.45) is 0. The molecule has 110 valence electrons. The predicted molar refractivity (Wildman–Crippen MR) is 49.0 cm³/mol. The maximum atomic E-state index is 8.74. The average Bonchev–Trinajstić information content (AvgIpc) is 1.12. The molecule has 0 amide bonds.